The highest BCUT2D eigenvalue weighted by Gasteiger charge is 2.25. The molecule has 3 rings (SSSR count). The fourth-order valence-corrected chi connectivity index (χ4v) is 2.07. The maximum absolute atomic E-state index is 5.84. The Morgan fingerprint density at radius 2 is 2.27 bits per heavy atom. The summed E-state index contributed by atoms with van der Waals surface area (Å²) in [5.41, 5.74) is 7.02. The summed E-state index contributed by atoms with van der Waals surface area (Å²) in [5, 5.41) is 0. The van der Waals surface area contributed by atoms with E-state index in [1.54, 1.807) is 6.20 Å². The third-order valence-corrected chi connectivity index (χ3v) is 3.11. The van der Waals surface area contributed by atoms with Gasteiger partial charge in [-0.3, -0.25) is 4.40 Å². The summed E-state index contributed by atoms with van der Waals surface area (Å²) < 4.78 is 1.97. The minimum Gasteiger partial charge on any atom is -0.382 e. The number of hydrogen-bond donors (Lipinski definition) is 1. The first-order chi connectivity index (χ1) is 7.27. The quantitative estimate of drug-likeness (QED) is 0.673. The van der Waals surface area contributed by atoms with Crippen LogP contribution in [0.3, 0.4) is 0 Å². The Bertz CT molecular complexity index is 515. The number of nitrogens with two attached hydrogens (primary N) is 1. The first kappa shape index (κ1) is 8.77. The van der Waals surface area contributed by atoms with Gasteiger partial charge in [0.2, 0.25) is 0 Å². The van der Waals surface area contributed by atoms with E-state index >= 15 is 0 Å². The molecule has 4 nitrogen and oxygen atoms in total. The van der Waals surface area contributed by atoms with Gasteiger partial charge in [0.1, 0.15) is 19.5 Å². The number of nitrogens with zero attached hydrogens (tertiary/aromatic N) is 3. The largest absolute Gasteiger partial charge is 0.382 e. The number of aromatic nitrogens is 3. The molecule has 2 aromatic rings. The smallest absolute Gasteiger partial charge is 0.148 e. The highest BCUT2D eigenvalue weighted by Crippen LogP contribution is 2.35. The second-order valence-corrected chi connectivity index (χ2v) is 4.01. The van der Waals surface area contributed by atoms with Crippen molar-refractivity contribution in [2.75, 3.05) is 5.73 Å². The van der Waals surface area contributed by atoms with E-state index in [1.807, 2.05) is 10.6 Å². The molecule has 74 valence electrons. The zero-order valence-corrected chi connectivity index (χ0v) is 8.35. The van der Waals surface area contributed by atoms with Crippen molar-refractivity contribution in [3.05, 3.63) is 18.2 Å². The first-order valence-electron chi connectivity index (χ1n) is 5.15. The molecule has 0 bridgehead atoms. The van der Waals surface area contributed by atoms with Gasteiger partial charge in [-0.25, -0.2) is 9.97 Å². The Hall–Kier alpha value is -1.52. The summed E-state index contributed by atoms with van der Waals surface area (Å²) in [5.74, 6) is 2.02. The average molecular weight is 198 g/mol. The average Bonchev–Trinajstić information content (AvgIpc) is 2.43. The number of fused-ring (bicyclic) bond motifs is 1. The molecule has 0 atom stereocenters. The topological polar surface area (TPSA) is 56.2 Å². The lowest BCUT2D eigenvalue weighted by atomic mass is 9.85. The van der Waals surface area contributed by atoms with E-state index in [9.17, 15) is 0 Å². The van der Waals surface area contributed by atoms with E-state index in [-0.39, 0.29) is 0 Å². The van der Waals surface area contributed by atoms with Gasteiger partial charge in [-0.05, 0) is 12.8 Å². The van der Waals surface area contributed by atoms with Crippen molar-refractivity contribution in [1.82, 2.24) is 14.4 Å². The molecule has 0 aromatic carbocycles. The van der Waals surface area contributed by atoms with Gasteiger partial charge in [0, 0.05) is 23.9 Å². The summed E-state index contributed by atoms with van der Waals surface area (Å²) in [6, 6.07) is 0. The first-order valence-corrected chi connectivity index (χ1v) is 5.15. The molecule has 5 heteroatoms. The molecule has 0 saturated heterocycles. The van der Waals surface area contributed by atoms with Crippen LogP contribution in [0.5, 0.6) is 0 Å². The van der Waals surface area contributed by atoms with Crippen molar-refractivity contribution >= 4 is 24.8 Å². The van der Waals surface area contributed by atoms with Gasteiger partial charge < -0.3 is 5.73 Å². The van der Waals surface area contributed by atoms with E-state index in [2.05, 4.69) is 9.97 Å². The predicted octanol–water partition coefficient (Wildman–Crippen LogP) is 0.373. The van der Waals surface area contributed by atoms with Crippen molar-refractivity contribution in [2.45, 2.75) is 25.2 Å². The molecule has 0 aliphatic heterocycles. The van der Waals surface area contributed by atoms with Crippen LogP contribution in [0, 0.1) is 0 Å². The molecule has 1 saturated carbocycles. The fourth-order valence-electron chi connectivity index (χ4n) is 2.07. The highest BCUT2D eigenvalue weighted by atomic mass is 15.1. The lowest BCUT2D eigenvalue weighted by Gasteiger charge is -2.23. The molecule has 15 heavy (non-hydrogen) atoms. The van der Waals surface area contributed by atoms with Crippen molar-refractivity contribution in [2.24, 2.45) is 0 Å². The lowest BCUT2D eigenvalue weighted by Crippen LogP contribution is -2.13. The van der Waals surface area contributed by atoms with Crippen LogP contribution in [-0.4, -0.2) is 22.2 Å². The molecule has 1 aliphatic rings. The van der Waals surface area contributed by atoms with Gasteiger partial charge in [-0.2, -0.15) is 0 Å². The standard InChI is InChI=1S/C10H11BN4/c11-8-7-9(12)13-4-5-15(7)10(14-8)6-2-1-3-6/h4-6H,1-3H2,(H2,12,13). The monoisotopic (exact) mass is 198 g/mol. The van der Waals surface area contributed by atoms with Crippen molar-refractivity contribution < 1.29 is 0 Å². The Kier molecular flexibility index (Phi) is 1.74. The summed E-state index contributed by atoms with van der Waals surface area (Å²) in [7, 11) is 5.84. The molecular weight excluding hydrogens is 187 g/mol. The molecule has 0 unspecified atom stereocenters. The van der Waals surface area contributed by atoms with Crippen LogP contribution < -0.4 is 11.3 Å². The van der Waals surface area contributed by atoms with Gasteiger partial charge in [0.05, 0.1) is 5.52 Å². The van der Waals surface area contributed by atoms with Gasteiger partial charge in [-0.15, -0.1) is 0 Å². The Morgan fingerprint density at radius 1 is 1.47 bits per heavy atom. The van der Waals surface area contributed by atoms with Gasteiger partial charge in [-0.1, -0.05) is 6.42 Å². The van der Waals surface area contributed by atoms with E-state index in [0.717, 1.165) is 11.3 Å². The van der Waals surface area contributed by atoms with Crippen LogP contribution in [-0.2, 0) is 0 Å². The zero-order chi connectivity index (χ0) is 10.4. The van der Waals surface area contributed by atoms with E-state index < -0.39 is 0 Å². The van der Waals surface area contributed by atoms with Crippen LogP contribution in [0.2, 0.25) is 0 Å². The van der Waals surface area contributed by atoms with Crippen LogP contribution in [0.4, 0.5) is 5.82 Å². The van der Waals surface area contributed by atoms with Crippen molar-refractivity contribution in [3.8, 4) is 0 Å². The molecule has 2 radical (unpaired) electrons. The third-order valence-electron chi connectivity index (χ3n) is 3.11. The molecular formula is C10H11BN4. The highest BCUT2D eigenvalue weighted by molar-refractivity contribution is 6.36. The molecule has 0 amide bonds. The SMILES string of the molecule is [B]c1nc(C2CCC2)n2ccnc(N)c12. The lowest BCUT2D eigenvalue weighted by molar-refractivity contribution is 0.400. The van der Waals surface area contributed by atoms with E-state index in [1.165, 1.54) is 19.3 Å². The van der Waals surface area contributed by atoms with Crippen LogP contribution in [0.25, 0.3) is 5.52 Å². The normalized spacial score (nSPS) is 16.8. The molecule has 2 N–H and O–H groups in total. The number of imidazole rings is 1. The summed E-state index contributed by atoms with van der Waals surface area (Å²) in [6.07, 6.45) is 7.23. The minimum atomic E-state index is 0.452. The predicted molar refractivity (Wildman–Crippen MR) is 59.4 cm³/mol. The number of hydrogen-bond acceptors (Lipinski definition) is 3. The van der Waals surface area contributed by atoms with Crippen molar-refractivity contribution in [1.29, 1.82) is 0 Å². The Labute approximate surface area is 88.9 Å². The van der Waals surface area contributed by atoms with Gasteiger partial charge in [0.15, 0.2) is 0 Å². The fraction of sp³-hybridized carbons (Fsp3) is 0.400. The van der Waals surface area contributed by atoms with Crippen LogP contribution in [0.15, 0.2) is 12.4 Å². The third kappa shape index (κ3) is 1.15. The second kappa shape index (κ2) is 2.99. The maximum Gasteiger partial charge on any atom is 0.148 e. The van der Waals surface area contributed by atoms with Crippen LogP contribution in [0.1, 0.15) is 31.0 Å². The number of rotatable bonds is 1. The second-order valence-electron chi connectivity index (χ2n) is 4.01. The molecule has 1 fully saturated rings. The van der Waals surface area contributed by atoms with Gasteiger partial charge in [0.25, 0.3) is 0 Å². The number of nitrogen functional groups attached to an aromatic ring is 1. The zero-order valence-electron chi connectivity index (χ0n) is 8.35. The molecule has 2 aromatic heterocycles. The minimum absolute atomic E-state index is 0.452. The van der Waals surface area contributed by atoms with E-state index in [4.69, 9.17) is 13.6 Å². The van der Waals surface area contributed by atoms with Gasteiger partial charge >= 0.3 is 0 Å². The summed E-state index contributed by atoms with van der Waals surface area (Å²) in [4.78, 5) is 8.41. The number of anilines is 1. The summed E-state index contributed by atoms with van der Waals surface area (Å²) in [6.45, 7) is 0. The molecule has 2 heterocycles. The van der Waals surface area contributed by atoms with E-state index in [0.29, 0.717) is 17.3 Å². The maximum atomic E-state index is 5.84. The molecule has 1 aliphatic carbocycles. The van der Waals surface area contributed by atoms with Crippen molar-refractivity contribution in [3.63, 3.8) is 0 Å². The Balaban J connectivity index is 2.27. The Morgan fingerprint density at radius 3 is 2.93 bits per heavy atom. The summed E-state index contributed by atoms with van der Waals surface area (Å²) >= 11 is 0. The van der Waals surface area contributed by atoms with Crippen LogP contribution >= 0.6 is 0 Å². The molecule has 0 spiro atoms.